The molecular weight excluding hydrogens is 249 g/mol. The Morgan fingerprint density at radius 2 is 1.67 bits per heavy atom. The first-order valence-electron chi connectivity index (χ1n) is 5.40. The molecule has 0 aliphatic heterocycles. The van der Waals surface area contributed by atoms with Crippen LogP contribution >= 0.6 is 11.8 Å². The maximum absolute atomic E-state index is 12.7. The van der Waals surface area contributed by atoms with Crippen LogP contribution in [0, 0.1) is 5.82 Å². The van der Waals surface area contributed by atoms with E-state index < -0.39 is 0 Å². The van der Waals surface area contributed by atoms with E-state index >= 15 is 0 Å². The molecule has 0 heterocycles. The summed E-state index contributed by atoms with van der Waals surface area (Å²) in [5, 5.41) is 2.76. The SMILES string of the molecule is CSc1ccc(NC(=O)c2ccc(F)cc2)cc1. The fourth-order valence-electron chi connectivity index (χ4n) is 1.48. The lowest BCUT2D eigenvalue weighted by molar-refractivity contribution is 0.102. The molecule has 0 spiro atoms. The Labute approximate surface area is 109 Å². The molecule has 2 aromatic rings. The molecule has 1 N–H and O–H groups in total. The van der Waals surface area contributed by atoms with Gasteiger partial charge in [-0.05, 0) is 54.8 Å². The van der Waals surface area contributed by atoms with Crippen LogP contribution in [0.3, 0.4) is 0 Å². The molecule has 92 valence electrons. The molecule has 4 heteroatoms. The number of carbonyl (C=O) groups is 1. The number of thioether (sulfide) groups is 1. The molecule has 0 radical (unpaired) electrons. The summed E-state index contributed by atoms with van der Waals surface area (Å²) in [5.41, 5.74) is 1.16. The van der Waals surface area contributed by atoms with Gasteiger partial charge in [0.05, 0.1) is 0 Å². The van der Waals surface area contributed by atoms with E-state index in [-0.39, 0.29) is 11.7 Å². The van der Waals surface area contributed by atoms with E-state index in [0.717, 1.165) is 10.6 Å². The second kappa shape index (κ2) is 5.69. The van der Waals surface area contributed by atoms with Gasteiger partial charge < -0.3 is 5.32 Å². The van der Waals surface area contributed by atoms with Gasteiger partial charge in [0.15, 0.2) is 0 Å². The van der Waals surface area contributed by atoms with Gasteiger partial charge in [-0.3, -0.25) is 4.79 Å². The first-order chi connectivity index (χ1) is 8.69. The van der Waals surface area contributed by atoms with Gasteiger partial charge in [0.1, 0.15) is 5.82 Å². The van der Waals surface area contributed by atoms with Crippen LogP contribution in [0.1, 0.15) is 10.4 Å². The number of hydrogen-bond acceptors (Lipinski definition) is 2. The molecule has 18 heavy (non-hydrogen) atoms. The largest absolute Gasteiger partial charge is 0.322 e. The Morgan fingerprint density at radius 3 is 2.22 bits per heavy atom. The van der Waals surface area contributed by atoms with E-state index in [1.807, 2.05) is 30.5 Å². The lowest BCUT2D eigenvalue weighted by Crippen LogP contribution is -2.11. The van der Waals surface area contributed by atoms with Crippen LogP contribution in [0.15, 0.2) is 53.4 Å². The second-order valence-electron chi connectivity index (χ2n) is 3.69. The smallest absolute Gasteiger partial charge is 0.255 e. The number of amides is 1. The van der Waals surface area contributed by atoms with Crippen molar-refractivity contribution in [2.24, 2.45) is 0 Å². The number of rotatable bonds is 3. The third-order valence-corrected chi connectivity index (χ3v) is 3.20. The van der Waals surface area contributed by atoms with Crippen molar-refractivity contribution >= 4 is 23.4 Å². The summed E-state index contributed by atoms with van der Waals surface area (Å²) in [6.07, 6.45) is 1.99. The van der Waals surface area contributed by atoms with E-state index in [4.69, 9.17) is 0 Å². The molecule has 0 fully saturated rings. The van der Waals surface area contributed by atoms with Crippen molar-refractivity contribution in [3.05, 3.63) is 59.9 Å². The predicted molar refractivity (Wildman–Crippen MR) is 72.6 cm³/mol. The summed E-state index contributed by atoms with van der Waals surface area (Å²) in [4.78, 5) is 13.0. The molecule has 0 aliphatic carbocycles. The standard InChI is InChI=1S/C14H12FNOS/c1-18-13-8-6-12(7-9-13)16-14(17)10-2-4-11(15)5-3-10/h2-9H,1H3,(H,16,17). The van der Waals surface area contributed by atoms with Crippen LogP contribution in [-0.4, -0.2) is 12.2 Å². The van der Waals surface area contributed by atoms with Crippen molar-refractivity contribution in [2.75, 3.05) is 11.6 Å². The maximum atomic E-state index is 12.7. The van der Waals surface area contributed by atoms with Crippen molar-refractivity contribution < 1.29 is 9.18 Å². The lowest BCUT2D eigenvalue weighted by Gasteiger charge is -2.05. The number of benzene rings is 2. The van der Waals surface area contributed by atoms with Gasteiger partial charge in [0.2, 0.25) is 0 Å². The molecule has 0 bridgehead atoms. The molecule has 2 aromatic carbocycles. The highest BCUT2D eigenvalue weighted by Crippen LogP contribution is 2.18. The van der Waals surface area contributed by atoms with Crippen LogP contribution in [0.2, 0.25) is 0 Å². The van der Waals surface area contributed by atoms with Crippen LogP contribution < -0.4 is 5.32 Å². The van der Waals surface area contributed by atoms with E-state index in [1.54, 1.807) is 11.8 Å². The topological polar surface area (TPSA) is 29.1 Å². The summed E-state index contributed by atoms with van der Waals surface area (Å²) in [6, 6.07) is 13.0. The highest BCUT2D eigenvalue weighted by Gasteiger charge is 2.05. The van der Waals surface area contributed by atoms with Crippen LogP contribution in [0.25, 0.3) is 0 Å². The fourth-order valence-corrected chi connectivity index (χ4v) is 1.89. The highest BCUT2D eigenvalue weighted by molar-refractivity contribution is 7.98. The van der Waals surface area contributed by atoms with Gasteiger partial charge in [-0.2, -0.15) is 0 Å². The zero-order chi connectivity index (χ0) is 13.0. The second-order valence-corrected chi connectivity index (χ2v) is 4.57. The highest BCUT2D eigenvalue weighted by atomic mass is 32.2. The molecule has 2 rings (SSSR count). The Balaban J connectivity index is 2.08. The van der Waals surface area contributed by atoms with Crippen molar-refractivity contribution in [3.63, 3.8) is 0 Å². The predicted octanol–water partition coefficient (Wildman–Crippen LogP) is 3.80. The van der Waals surface area contributed by atoms with Crippen molar-refractivity contribution in [3.8, 4) is 0 Å². The maximum Gasteiger partial charge on any atom is 0.255 e. The minimum Gasteiger partial charge on any atom is -0.322 e. The summed E-state index contributed by atoms with van der Waals surface area (Å²) in [7, 11) is 0. The van der Waals surface area contributed by atoms with Gasteiger partial charge in [-0.1, -0.05) is 0 Å². The Hall–Kier alpha value is -1.81. The number of halogens is 1. The van der Waals surface area contributed by atoms with E-state index in [0.29, 0.717) is 5.56 Å². The normalized spacial score (nSPS) is 10.1. The van der Waals surface area contributed by atoms with E-state index in [2.05, 4.69) is 5.32 Å². The molecule has 0 aliphatic rings. The van der Waals surface area contributed by atoms with Crippen molar-refractivity contribution in [1.29, 1.82) is 0 Å². The van der Waals surface area contributed by atoms with Crippen LogP contribution in [0.5, 0.6) is 0 Å². The van der Waals surface area contributed by atoms with Crippen molar-refractivity contribution in [1.82, 2.24) is 0 Å². The Morgan fingerprint density at radius 1 is 1.06 bits per heavy atom. The monoisotopic (exact) mass is 261 g/mol. The number of carbonyl (C=O) groups excluding carboxylic acids is 1. The van der Waals surface area contributed by atoms with Crippen molar-refractivity contribution in [2.45, 2.75) is 4.90 Å². The third kappa shape index (κ3) is 3.11. The van der Waals surface area contributed by atoms with Crippen LogP contribution in [0.4, 0.5) is 10.1 Å². The average molecular weight is 261 g/mol. The van der Waals surface area contributed by atoms with Gasteiger partial charge in [0.25, 0.3) is 5.91 Å². The molecule has 0 unspecified atom stereocenters. The zero-order valence-corrected chi connectivity index (χ0v) is 10.6. The number of anilines is 1. The summed E-state index contributed by atoms with van der Waals surface area (Å²) in [5.74, 6) is -0.595. The Bertz CT molecular complexity index is 537. The van der Waals surface area contributed by atoms with Gasteiger partial charge >= 0.3 is 0 Å². The van der Waals surface area contributed by atoms with E-state index in [9.17, 15) is 9.18 Å². The fraction of sp³-hybridized carbons (Fsp3) is 0.0714. The van der Waals surface area contributed by atoms with Gasteiger partial charge in [-0.25, -0.2) is 4.39 Å². The third-order valence-electron chi connectivity index (χ3n) is 2.45. The molecular formula is C14H12FNOS. The molecule has 0 aromatic heterocycles. The number of hydrogen-bond donors (Lipinski definition) is 1. The lowest BCUT2D eigenvalue weighted by atomic mass is 10.2. The summed E-state index contributed by atoms with van der Waals surface area (Å²) in [6.45, 7) is 0. The molecule has 0 saturated carbocycles. The van der Waals surface area contributed by atoms with E-state index in [1.165, 1.54) is 24.3 Å². The van der Waals surface area contributed by atoms with Gasteiger partial charge in [-0.15, -0.1) is 11.8 Å². The quantitative estimate of drug-likeness (QED) is 0.851. The zero-order valence-electron chi connectivity index (χ0n) is 9.81. The van der Waals surface area contributed by atoms with Gasteiger partial charge in [0, 0.05) is 16.1 Å². The Kier molecular flexibility index (Phi) is 3.99. The first kappa shape index (κ1) is 12.6. The van der Waals surface area contributed by atoms with Crippen LogP contribution in [-0.2, 0) is 0 Å². The molecule has 0 saturated heterocycles. The molecule has 0 atom stereocenters. The summed E-state index contributed by atoms with van der Waals surface area (Å²) >= 11 is 1.64. The molecule has 1 amide bonds. The number of nitrogens with one attached hydrogen (secondary N) is 1. The minimum absolute atomic E-state index is 0.244. The average Bonchev–Trinajstić information content (AvgIpc) is 2.40. The minimum atomic E-state index is -0.351. The molecule has 2 nitrogen and oxygen atoms in total. The first-order valence-corrected chi connectivity index (χ1v) is 6.62. The summed E-state index contributed by atoms with van der Waals surface area (Å²) < 4.78 is 12.7.